The van der Waals surface area contributed by atoms with E-state index in [1.807, 2.05) is 0 Å². The minimum atomic E-state index is -0.630. The molecule has 0 bridgehead atoms. The number of aliphatic carboxylic acids is 1. The molecule has 92 valence electrons. The van der Waals surface area contributed by atoms with Crippen LogP contribution in [-0.4, -0.2) is 59.1 Å². The van der Waals surface area contributed by atoms with Crippen LogP contribution in [-0.2, 0) is 4.79 Å². The van der Waals surface area contributed by atoms with Gasteiger partial charge in [0, 0.05) is 24.7 Å². The topological polar surface area (TPSA) is 43.8 Å². The second kappa shape index (κ2) is 4.34. The van der Waals surface area contributed by atoms with Gasteiger partial charge in [0.25, 0.3) is 0 Å². The van der Waals surface area contributed by atoms with Crippen LogP contribution in [0.25, 0.3) is 0 Å². The largest absolute Gasteiger partial charge is 0.481 e. The normalized spacial score (nSPS) is 41.7. The third-order valence-corrected chi connectivity index (χ3v) is 4.45. The van der Waals surface area contributed by atoms with Crippen LogP contribution in [0, 0.1) is 5.92 Å². The predicted octanol–water partition coefficient (Wildman–Crippen LogP) is 0.874. The molecule has 2 heterocycles. The van der Waals surface area contributed by atoms with Crippen LogP contribution >= 0.6 is 0 Å². The summed E-state index contributed by atoms with van der Waals surface area (Å²) in [6, 6.07) is 1.38. The summed E-state index contributed by atoms with van der Waals surface area (Å²) >= 11 is 0. The lowest BCUT2D eigenvalue weighted by atomic mass is 10.0. The highest BCUT2D eigenvalue weighted by Gasteiger charge is 2.41. The first kappa shape index (κ1) is 11.9. The molecule has 0 aromatic carbocycles. The molecule has 4 unspecified atom stereocenters. The third-order valence-electron chi connectivity index (χ3n) is 4.45. The minimum absolute atomic E-state index is 0.166. The Balaban J connectivity index is 2.00. The average molecular weight is 226 g/mol. The van der Waals surface area contributed by atoms with Gasteiger partial charge in [0.1, 0.15) is 0 Å². The Hall–Kier alpha value is -0.610. The molecule has 0 aliphatic carbocycles. The van der Waals surface area contributed by atoms with Gasteiger partial charge < -0.3 is 10.0 Å². The van der Waals surface area contributed by atoms with Crippen LogP contribution in [0.15, 0.2) is 0 Å². The molecule has 0 aromatic heterocycles. The zero-order valence-corrected chi connectivity index (χ0v) is 10.4. The number of hydrogen-bond acceptors (Lipinski definition) is 3. The number of carboxylic acids is 1. The van der Waals surface area contributed by atoms with Crippen molar-refractivity contribution in [3.63, 3.8) is 0 Å². The maximum Gasteiger partial charge on any atom is 0.308 e. The van der Waals surface area contributed by atoms with E-state index in [0.717, 1.165) is 19.5 Å². The average Bonchev–Trinajstić information content (AvgIpc) is 2.71. The molecule has 0 saturated carbocycles. The van der Waals surface area contributed by atoms with E-state index in [0.29, 0.717) is 12.1 Å². The highest BCUT2D eigenvalue weighted by Crippen LogP contribution is 2.31. The lowest BCUT2D eigenvalue weighted by molar-refractivity contribution is -0.142. The zero-order chi connectivity index (χ0) is 11.9. The number of carbonyl (C=O) groups is 1. The third kappa shape index (κ3) is 1.96. The van der Waals surface area contributed by atoms with E-state index in [2.05, 4.69) is 30.7 Å². The maximum absolute atomic E-state index is 11.1. The van der Waals surface area contributed by atoms with E-state index in [4.69, 9.17) is 5.11 Å². The molecular formula is C12H22N2O2. The molecule has 0 aromatic rings. The smallest absolute Gasteiger partial charge is 0.308 e. The van der Waals surface area contributed by atoms with Crippen LogP contribution in [0.3, 0.4) is 0 Å². The van der Waals surface area contributed by atoms with Crippen molar-refractivity contribution in [3.8, 4) is 0 Å². The molecule has 4 heteroatoms. The van der Waals surface area contributed by atoms with Gasteiger partial charge >= 0.3 is 5.97 Å². The first-order valence-corrected chi connectivity index (χ1v) is 6.19. The van der Waals surface area contributed by atoms with Gasteiger partial charge in [-0.1, -0.05) is 0 Å². The molecule has 16 heavy (non-hydrogen) atoms. The summed E-state index contributed by atoms with van der Waals surface area (Å²) in [6.45, 7) is 6.34. The van der Waals surface area contributed by atoms with Gasteiger partial charge in [0.05, 0.1) is 5.92 Å². The van der Waals surface area contributed by atoms with Crippen molar-refractivity contribution in [2.24, 2.45) is 5.92 Å². The summed E-state index contributed by atoms with van der Waals surface area (Å²) < 4.78 is 0. The van der Waals surface area contributed by atoms with E-state index in [-0.39, 0.29) is 12.0 Å². The Morgan fingerprint density at radius 1 is 1.38 bits per heavy atom. The highest BCUT2D eigenvalue weighted by molar-refractivity contribution is 5.71. The lowest BCUT2D eigenvalue weighted by Crippen LogP contribution is -2.41. The molecule has 4 atom stereocenters. The lowest BCUT2D eigenvalue weighted by Gasteiger charge is -2.29. The molecule has 2 saturated heterocycles. The Kier molecular flexibility index (Phi) is 3.22. The van der Waals surface area contributed by atoms with Crippen molar-refractivity contribution < 1.29 is 9.90 Å². The summed E-state index contributed by atoms with van der Waals surface area (Å²) in [5.74, 6) is -0.796. The molecule has 0 amide bonds. The first-order valence-electron chi connectivity index (χ1n) is 6.19. The van der Waals surface area contributed by atoms with Crippen molar-refractivity contribution in [1.29, 1.82) is 0 Å². The van der Waals surface area contributed by atoms with Gasteiger partial charge in [-0.2, -0.15) is 0 Å². The number of nitrogens with zero attached hydrogens (tertiary/aromatic N) is 2. The summed E-state index contributed by atoms with van der Waals surface area (Å²) in [5, 5.41) is 9.11. The molecule has 2 aliphatic heterocycles. The van der Waals surface area contributed by atoms with Gasteiger partial charge in [0.2, 0.25) is 0 Å². The number of hydrogen-bond donors (Lipinski definition) is 1. The molecule has 2 rings (SSSR count). The van der Waals surface area contributed by atoms with Crippen molar-refractivity contribution in [3.05, 3.63) is 0 Å². The van der Waals surface area contributed by atoms with Crippen molar-refractivity contribution in [1.82, 2.24) is 9.80 Å². The van der Waals surface area contributed by atoms with Gasteiger partial charge in [-0.3, -0.25) is 9.69 Å². The number of carboxylic acid groups (broad SMARTS) is 1. The summed E-state index contributed by atoms with van der Waals surface area (Å²) in [6.07, 6.45) is 1.98. The second-order valence-electron chi connectivity index (χ2n) is 5.39. The first-order chi connectivity index (χ1) is 7.50. The quantitative estimate of drug-likeness (QED) is 0.759. The van der Waals surface area contributed by atoms with Gasteiger partial charge in [-0.05, 0) is 40.3 Å². The maximum atomic E-state index is 11.1. The fraction of sp³-hybridized carbons (Fsp3) is 0.917. The van der Waals surface area contributed by atoms with Crippen LogP contribution in [0.5, 0.6) is 0 Å². The van der Waals surface area contributed by atoms with Gasteiger partial charge in [0.15, 0.2) is 0 Å². The molecule has 1 N–H and O–H groups in total. The molecular weight excluding hydrogens is 204 g/mol. The van der Waals surface area contributed by atoms with E-state index in [1.165, 1.54) is 6.42 Å². The summed E-state index contributed by atoms with van der Waals surface area (Å²) in [7, 11) is 2.15. The number of rotatable bonds is 2. The monoisotopic (exact) mass is 226 g/mol. The van der Waals surface area contributed by atoms with Crippen LogP contribution in [0.1, 0.15) is 26.7 Å². The fourth-order valence-corrected chi connectivity index (χ4v) is 3.21. The molecule has 0 spiro atoms. The van der Waals surface area contributed by atoms with Crippen LogP contribution < -0.4 is 0 Å². The fourth-order valence-electron chi connectivity index (χ4n) is 3.21. The van der Waals surface area contributed by atoms with Crippen molar-refractivity contribution in [2.45, 2.75) is 44.8 Å². The number of likely N-dealkylation sites (tertiary alicyclic amines) is 2. The van der Waals surface area contributed by atoms with Crippen LogP contribution in [0.2, 0.25) is 0 Å². The van der Waals surface area contributed by atoms with Crippen LogP contribution in [0.4, 0.5) is 0 Å². The van der Waals surface area contributed by atoms with E-state index >= 15 is 0 Å². The van der Waals surface area contributed by atoms with Crippen molar-refractivity contribution in [2.75, 3.05) is 20.1 Å². The zero-order valence-electron chi connectivity index (χ0n) is 10.4. The van der Waals surface area contributed by atoms with E-state index < -0.39 is 5.97 Å². The second-order valence-corrected chi connectivity index (χ2v) is 5.39. The SMILES string of the molecule is CC1CC(N2CCC(C(=O)O)C2C)CN1C. The molecule has 2 fully saturated rings. The van der Waals surface area contributed by atoms with Gasteiger partial charge in [-0.25, -0.2) is 0 Å². The molecule has 2 aliphatic rings. The molecule has 0 radical (unpaired) electrons. The van der Waals surface area contributed by atoms with E-state index in [1.54, 1.807) is 0 Å². The number of likely N-dealkylation sites (N-methyl/N-ethyl adjacent to an activating group) is 1. The van der Waals surface area contributed by atoms with E-state index in [9.17, 15) is 4.79 Å². The predicted molar refractivity (Wildman–Crippen MR) is 62.4 cm³/mol. The Labute approximate surface area is 97.2 Å². The standard InChI is InChI=1S/C12H22N2O2/c1-8-6-10(7-13(8)3)14-5-4-11(9(14)2)12(15)16/h8-11H,4-7H2,1-3H3,(H,15,16). The Morgan fingerprint density at radius 3 is 2.50 bits per heavy atom. The minimum Gasteiger partial charge on any atom is -0.481 e. The summed E-state index contributed by atoms with van der Waals surface area (Å²) in [5.41, 5.74) is 0. The summed E-state index contributed by atoms with van der Waals surface area (Å²) in [4.78, 5) is 15.8. The highest BCUT2D eigenvalue weighted by atomic mass is 16.4. The Bertz CT molecular complexity index is 272. The molecule has 4 nitrogen and oxygen atoms in total. The van der Waals surface area contributed by atoms with Crippen molar-refractivity contribution >= 4 is 5.97 Å². The van der Waals surface area contributed by atoms with Gasteiger partial charge in [-0.15, -0.1) is 0 Å². The Morgan fingerprint density at radius 2 is 2.06 bits per heavy atom.